The number of hydrogen-bond donors (Lipinski definition) is 0. The number of ether oxygens (including phenoxy) is 2. The third kappa shape index (κ3) is 1.83. The molecule has 1 aliphatic heterocycles. The molecule has 0 amide bonds. The molecule has 1 aromatic heterocycles. The van der Waals surface area contributed by atoms with Crippen LogP contribution in [-0.4, -0.2) is 13.2 Å². The van der Waals surface area contributed by atoms with Crippen LogP contribution in [0.15, 0.2) is 33.7 Å². The minimum atomic E-state index is -0.587. The summed E-state index contributed by atoms with van der Waals surface area (Å²) in [6, 6.07) is 5.67. The zero-order chi connectivity index (χ0) is 12.5. The predicted molar refractivity (Wildman–Crippen MR) is 66.5 cm³/mol. The fraction of sp³-hybridized carbons (Fsp3) is 0.357. The Labute approximate surface area is 104 Å². The summed E-state index contributed by atoms with van der Waals surface area (Å²) < 4.78 is 16.2. The van der Waals surface area contributed by atoms with Gasteiger partial charge >= 0.3 is 0 Å². The van der Waals surface area contributed by atoms with Gasteiger partial charge in [-0.1, -0.05) is 13.0 Å². The van der Waals surface area contributed by atoms with E-state index in [1.807, 2.05) is 18.2 Å². The second kappa shape index (κ2) is 4.55. The highest BCUT2D eigenvalue weighted by atomic mass is 16.7. The van der Waals surface area contributed by atoms with Gasteiger partial charge in [-0.15, -0.1) is 0 Å². The Balaban J connectivity index is 2.17. The maximum atomic E-state index is 12.4. The van der Waals surface area contributed by atoms with Crippen molar-refractivity contribution in [3.8, 4) is 0 Å². The highest BCUT2D eigenvalue weighted by Gasteiger charge is 2.23. The Kier molecular flexibility index (Phi) is 2.89. The van der Waals surface area contributed by atoms with E-state index in [2.05, 4.69) is 6.92 Å². The van der Waals surface area contributed by atoms with Gasteiger partial charge in [-0.05, 0) is 24.1 Å². The molecule has 2 heterocycles. The van der Waals surface area contributed by atoms with Gasteiger partial charge in [-0.25, -0.2) is 0 Å². The molecule has 1 aromatic carbocycles. The van der Waals surface area contributed by atoms with E-state index in [0.717, 1.165) is 12.0 Å². The minimum absolute atomic E-state index is 0.0709. The molecule has 0 saturated carbocycles. The van der Waals surface area contributed by atoms with Gasteiger partial charge in [-0.2, -0.15) is 0 Å². The van der Waals surface area contributed by atoms with Gasteiger partial charge < -0.3 is 13.9 Å². The first-order valence-corrected chi connectivity index (χ1v) is 6.07. The van der Waals surface area contributed by atoms with Crippen LogP contribution in [0.4, 0.5) is 0 Å². The Morgan fingerprint density at radius 1 is 1.28 bits per heavy atom. The summed E-state index contributed by atoms with van der Waals surface area (Å²) in [6.45, 7) is 3.07. The summed E-state index contributed by atoms with van der Waals surface area (Å²) >= 11 is 0. The molecule has 0 atom stereocenters. The third-order valence-electron chi connectivity index (χ3n) is 3.15. The first kappa shape index (κ1) is 11.4. The van der Waals surface area contributed by atoms with E-state index in [1.54, 1.807) is 0 Å². The van der Waals surface area contributed by atoms with Crippen LogP contribution in [0.25, 0.3) is 11.0 Å². The fourth-order valence-electron chi connectivity index (χ4n) is 2.11. The lowest BCUT2D eigenvalue weighted by Gasteiger charge is -2.08. The summed E-state index contributed by atoms with van der Waals surface area (Å²) in [5.74, 6) is 0. The Morgan fingerprint density at radius 3 is 2.78 bits per heavy atom. The summed E-state index contributed by atoms with van der Waals surface area (Å²) in [5.41, 5.74) is 2.07. The zero-order valence-electron chi connectivity index (χ0n) is 10.1. The molecule has 1 aliphatic rings. The van der Waals surface area contributed by atoms with Crippen LogP contribution >= 0.6 is 0 Å². The normalized spacial score (nSPS) is 16.5. The molecule has 1 saturated heterocycles. The second-order valence-electron chi connectivity index (χ2n) is 4.28. The highest BCUT2D eigenvalue weighted by Crippen LogP contribution is 2.23. The summed E-state index contributed by atoms with van der Waals surface area (Å²) in [5, 5.41) is 0.589. The van der Waals surface area contributed by atoms with Gasteiger partial charge in [0.15, 0.2) is 6.29 Å². The number of benzene rings is 1. The van der Waals surface area contributed by atoms with Crippen molar-refractivity contribution >= 4 is 11.0 Å². The van der Waals surface area contributed by atoms with Crippen LogP contribution in [0.1, 0.15) is 24.3 Å². The molecule has 94 valence electrons. The Bertz CT molecular complexity index is 623. The van der Waals surface area contributed by atoms with Crippen LogP contribution < -0.4 is 5.43 Å². The Hall–Kier alpha value is -1.65. The van der Waals surface area contributed by atoms with E-state index >= 15 is 0 Å². The first-order chi connectivity index (χ1) is 8.79. The molecule has 2 aromatic rings. The van der Waals surface area contributed by atoms with Gasteiger partial charge in [0.25, 0.3) is 0 Å². The average Bonchev–Trinajstić information content (AvgIpc) is 2.93. The standard InChI is InChI=1S/C14H14O4/c1-2-9-3-4-12-10(7-9)13(15)11(8-18-12)14-16-5-6-17-14/h3-4,7-8,14H,2,5-6H2,1H3. The van der Waals surface area contributed by atoms with Crippen LogP contribution in [-0.2, 0) is 15.9 Å². The highest BCUT2D eigenvalue weighted by molar-refractivity contribution is 5.77. The maximum absolute atomic E-state index is 12.4. The summed E-state index contributed by atoms with van der Waals surface area (Å²) in [7, 11) is 0. The predicted octanol–water partition coefficient (Wildman–Crippen LogP) is 2.40. The lowest BCUT2D eigenvalue weighted by atomic mass is 10.1. The molecule has 1 fully saturated rings. The van der Waals surface area contributed by atoms with Crippen molar-refractivity contribution in [1.29, 1.82) is 0 Å². The molecule has 18 heavy (non-hydrogen) atoms. The van der Waals surface area contributed by atoms with Crippen LogP contribution in [0.3, 0.4) is 0 Å². The first-order valence-electron chi connectivity index (χ1n) is 6.07. The molecule has 0 N–H and O–H groups in total. The number of hydrogen-bond acceptors (Lipinski definition) is 4. The maximum Gasteiger partial charge on any atom is 0.200 e. The molecule has 0 radical (unpaired) electrons. The van der Waals surface area contributed by atoms with Crippen LogP contribution in [0.5, 0.6) is 0 Å². The molecule has 0 unspecified atom stereocenters. The molecule has 4 heteroatoms. The summed E-state index contributed by atoms with van der Waals surface area (Å²) in [6.07, 6.45) is 1.73. The zero-order valence-corrected chi connectivity index (χ0v) is 10.1. The topological polar surface area (TPSA) is 48.7 Å². The Morgan fingerprint density at radius 2 is 2.06 bits per heavy atom. The number of rotatable bonds is 2. The van der Waals surface area contributed by atoms with Crippen LogP contribution in [0.2, 0.25) is 0 Å². The molecule has 4 nitrogen and oxygen atoms in total. The lowest BCUT2D eigenvalue weighted by molar-refractivity contribution is -0.0457. The van der Waals surface area contributed by atoms with Crippen LogP contribution in [0, 0.1) is 0 Å². The minimum Gasteiger partial charge on any atom is -0.464 e. The smallest absolute Gasteiger partial charge is 0.200 e. The molecule has 0 aliphatic carbocycles. The summed E-state index contributed by atoms with van der Waals surface area (Å²) in [4.78, 5) is 12.4. The van der Waals surface area contributed by atoms with E-state index in [4.69, 9.17) is 13.9 Å². The van der Waals surface area contributed by atoms with Gasteiger partial charge in [0.1, 0.15) is 11.8 Å². The monoisotopic (exact) mass is 246 g/mol. The van der Waals surface area contributed by atoms with Crippen molar-refractivity contribution in [3.63, 3.8) is 0 Å². The molecule has 0 spiro atoms. The van der Waals surface area contributed by atoms with E-state index in [0.29, 0.717) is 29.7 Å². The van der Waals surface area contributed by atoms with Gasteiger partial charge in [0, 0.05) is 0 Å². The molecular weight excluding hydrogens is 232 g/mol. The molecule has 0 bridgehead atoms. The fourth-order valence-corrected chi connectivity index (χ4v) is 2.11. The largest absolute Gasteiger partial charge is 0.464 e. The van der Waals surface area contributed by atoms with Gasteiger partial charge in [0.05, 0.1) is 24.2 Å². The van der Waals surface area contributed by atoms with Crippen molar-refractivity contribution in [2.75, 3.05) is 13.2 Å². The van der Waals surface area contributed by atoms with E-state index in [1.165, 1.54) is 6.26 Å². The SMILES string of the molecule is CCc1ccc2occ(C3OCCO3)c(=O)c2c1. The van der Waals surface area contributed by atoms with Gasteiger partial charge in [-0.3, -0.25) is 4.79 Å². The second-order valence-corrected chi connectivity index (χ2v) is 4.28. The third-order valence-corrected chi connectivity index (χ3v) is 3.15. The van der Waals surface area contributed by atoms with Crippen molar-refractivity contribution < 1.29 is 13.9 Å². The van der Waals surface area contributed by atoms with E-state index in [9.17, 15) is 4.79 Å². The van der Waals surface area contributed by atoms with Crippen molar-refractivity contribution in [3.05, 3.63) is 45.8 Å². The van der Waals surface area contributed by atoms with Crippen molar-refractivity contribution in [2.45, 2.75) is 19.6 Å². The average molecular weight is 246 g/mol. The van der Waals surface area contributed by atoms with E-state index in [-0.39, 0.29) is 5.43 Å². The molecular formula is C14H14O4. The molecule has 3 rings (SSSR count). The number of aryl methyl sites for hydroxylation is 1. The quantitative estimate of drug-likeness (QED) is 0.816. The van der Waals surface area contributed by atoms with Gasteiger partial charge in [0.2, 0.25) is 5.43 Å². The lowest BCUT2D eigenvalue weighted by Crippen LogP contribution is -2.14. The van der Waals surface area contributed by atoms with E-state index < -0.39 is 6.29 Å². The number of fused-ring (bicyclic) bond motifs is 1. The van der Waals surface area contributed by atoms with Crippen molar-refractivity contribution in [2.24, 2.45) is 0 Å². The van der Waals surface area contributed by atoms with Crippen molar-refractivity contribution in [1.82, 2.24) is 0 Å².